The average molecular weight is 401 g/mol. The third-order valence-corrected chi connectivity index (χ3v) is 5.32. The number of halogens is 1. The summed E-state index contributed by atoms with van der Waals surface area (Å²) in [6.45, 7) is 6.73. The Morgan fingerprint density at radius 3 is 2.62 bits per heavy atom. The molecule has 9 heteroatoms. The molecule has 1 aliphatic heterocycles. The van der Waals surface area contributed by atoms with Gasteiger partial charge in [-0.3, -0.25) is 14.3 Å². The molecule has 0 spiro atoms. The monoisotopic (exact) mass is 401 g/mol. The summed E-state index contributed by atoms with van der Waals surface area (Å²) in [5.74, 6) is 0.406. The summed E-state index contributed by atoms with van der Waals surface area (Å²) >= 11 is 0. The van der Waals surface area contributed by atoms with Crippen molar-refractivity contribution in [3.63, 3.8) is 0 Å². The third-order valence-electron chi connectivity index (χ3n) is 5.32. The van der Waals surface area contributed by atoms with Crippen LogP contribution in [0.1, 0.15) is 20.8 Å². The number of hydrogen-bond acceptors (Lipinski definition) is 6. The number of hydrogen-bond donors (Lipinski definition) is 1. The van der Waals surface area contributed by atoms with Crippen molar-refractivity contribution in [1.82, 2.24) is 19.4 Å². The zero-order valence-corrected chi connectivity index (χ0v) is 16.8. The van der Waals surface area contributed by atoms with Crippen LogP contribution in [0.2, 0.25) is 0 Å². The van der Waals surface area contributed by atoms with Crippen molar-refractivity contribution in [2.45, 2.75) is 32.4 Å². The molecule has 1 N–H and O–H groups in total. The first-order chi connectivity index (χ1) is 13.6. The lowest BCUT2D eigenvalue weighted by Gasteiger charge is -2.26. The Bertz CT molecular complexity index is 1000. The molecular weight excluding hydrogens is 377 g/mol. The van der Waals surface area contributed by atoms with Crippen LogP contribution in [0.15, 0.2) is 29.3 Å². The lowest BCUT2D eigenvalue weighted by Crippen LogP contribution is -2.38. The van der Waals surface area contributed by atoms with Crippen LogP contribution < -0.4 is 10.9 Å². The molecule has 2 fully saturated rings. The summed E-state index contributed by atoms with van der Waals surface area (Å²) in [5.41, 5.74) is -0.314. The fourth-order valence-electron chi connectivity index (χ4n) is 3.75. The smallest absolute Gasteiger partial charge is 0.410 e. The van der Waals surface area contributed by atoms with Gasteiger partial charge in [0.1, 0.15) is 5.60 Å². The van der Waals surface area contributed by atoms with Crippen molar-refractivity contribution in [3.8, 4) is 11.3 Å². The van der Waals surface area contributed by atoms with Gasteiger partial charge >= 0.3 is 6.09 Å². The molecular formula is C20H24FN5O3. The van der Waals surface area contributed by atoms with E-state index in [1.54, 1.807) is 11.9 Å². The number of likely N-dealkylation sites (tertiary alicyclic amines) is 1. The number of amides is 1. The van der Waals surface area contributed by atoms with Crippen LogP contribution in [-0.4, -0.2) is 50.3 Å². The minimum atomic E-state index is -0.532. The third kappa shape index (κ3) is 3.81. The van der Waals surface area contributed by atoms with E-state index in [9.17, 15) is 14.0 Å². The number of pyridine rings is 1. The molecule has 2 aromatic rings. The van der Waals surface area contributed by atoms with E-state index in [-0.39, 0.29) is 40.8 Å². The topological polar surface area (TPSA) is 89.3 Å². The van der Waals surface area contributed by atoms with E-state index in [0.717, 1.165) is 6.20 Å². The van der Waals surface area contributed by atoms with Crippen LogP contribution in [0.4, 0.5) is 15.1 Å². The summed E-state index contributed by atoms with van der Waals surface area (Å²) in [7, 11) is 1.62. The van der Waals surface area contributed by atoms with Gasteiger partial charge in [0, 0.05) is 55.8 Å². The van der Waals surface area contributed by atoms with Gasteiger partial charge in [-0.1, -0.05) is 0 Å². The highest BCUT2D eigenvalue weighted by atomic mass is 19.1. The van der Waals surface area contributed by atoms with Crippen LogP contribution in [0, 0.1) is 17.7 Å². The molecule has 4 rings (SSSR count). The standard InChI is InChI=1S/C20H24FN5O3/c1-20(2,3)29-19(28)26-9-12-13(10-26)17(12)24-18-23-15(7-16(27)25(18)4)11-5-6-22-8-14(11)21/h5-8,12-13,17H,9-10H2,1-4H3,(H,23,24)/t12-,13+,17+. The predicted octanol–water partition coefficient (Wildman–Crippen LogP) is 2.26. The number of carbonyl (C=O) groups excluding carboxylic acids is 1. The number of aromatic nitrogens is 3. The predicted molar refractivity (Wildman–Crippen MR) is 105 cm³/mol. The van der Waals surface area contributed by atoms with Crippen LogP contribution in [0.25, 0.3) is 11.3 Å². The second kappa shape index (κ2) is 6.82. The highest BCUT2D eigenvalue weighted by molar-refractivity contribution is 5.69. The number of carbonyl (C=O) groups is 1. The Kier molecular flexibility index (Phi) is 4.55. The van der Waals surface area contributed by atoms with Gasteiger partial charge in [-0.15, -0.1) is 0 Å². The molecule has 2 aliphatic rings. The molecule has 1 aliphatic carbocycles. The van der Waals surface area contributed by atoms with Crippen LogP contribution >= 0.6 is 0 Å². The van der Waals surface area contributed by atoms with Crippen molar-refractivity contribution in [1.29, 1.82) is 0 Å². The Balaban J connectivity index is 1.47. The maximum Gasteiger partial charge on any atom is 0.410 e. The van der Waals surface area contributed by atoms with Gasteiger partial charge in [-0.2, -0.15) is 0 Å². The lowest BCUT2D eigenvalue weighted by atomic mass is 10.2. The van der Waals surface area contributed by atoms with E-state index in [1.165, 1.54) is 22.9 Å². The zero-order valence-electron chi connectivity index (χ0n) is 16.8. The summed E-state index contributed by atoms with van der Waals surface area (Å²) in [5, 5.41) is 3.30. The van der Waals surface area contributed by atoms with Gasteiger partial charge in [0.25, 0.3) is 5.56 Å². The number of nitrogens with zero attached hydrogens (tertiary/aromatic N) is 4. The average Bonchev–Trinajstić information content (AvgIpc) is 3.07. The Labute approximate surface area is 167 Å². The SMILES string of the molecule is Cn1c(N[C@H]2[C@@H]3CN(C(=O)OC(C)(C)C)C[C@@H]32)nc(-c2ccncc2F)cc1=O. The highest BCUT2D eigenvalue weighted by Crippen LogP contribution is 2.47. The van der Waals surface area contributed by atoms with Gasteiger partial charge in [0.15, 0.2) is 5.82 Å². The molecule has 1 saturated heterocycles. The van der Waals surface area contributed by atoms with E-state index >= 15 is 0 Å². The van der Waals surface area contributed by atoms with Gasteiger partial charge in [-0.05, 0) is 26.8 Å². The van der Waals surface area contributed by atoms with E-state index in [4.69, 9.17) is 4.74 Å². The van der Waals surface area contributed by atoms with Crippen molar-refractivity contribution >= 4 is 12.0 Å². The number of nitrogens with one attached hydrogen (secondary N) is 1. The van der Waals surface area contributed by atoms with Gasteiger partial charge < -0.3 is 15.0 Å². The molecule has 3 atom stereocenters. The van der Waals surface area contributed by atoms with Gasteiger partial charge in [0.05, 0.1) is 11.9 Å². The number of piperidine rings is 1. The fraction of sp³-hybridized carbons (Fsp3) is 0.500. The van der Waals surface area contributed by atoms with Crippen molar-refractivity contribution in [3.05, 3.63) is 40.7 Å². The fourth-order valence-corrected chi connectivity index (χ4v) is 3.75. The Morgan fingerprint density at radius 2 is 2.00 bits per heavy atom. The van der Waals surface area contributed by atoms with Crippen LogP contribution in [0.5, 0.6) is 0 Å². The number of anilines is 1. The number of rotatable bonds is 3. The van der Waals surface area contributed by atoms with E-state index in [0.29, 0.717) is 19.0 Å². The number of fused-ring (bicyclic) bond motifs is 1. The van der Waals surface area contributed by atoms with E-state index in [2.05, 4.69) is 15.3 Å². The molecule has 0 unspecified atom stereocenters. The van der Waals surface area contributed by atoms with Crippen LogP contribution in [-0.2, 0) is 11.8 Å². The van der Waals surface area contributed by atoms with E-state index < -0.39 is 11.4 Å². The molecule has 8 nitrogen and oxygen atoms in total. The van der Waals surface area contributed by atoms with Crippen LogP contribution in [0.3, 0.4) is 0 Å². The number of ether oxygens (including phenoxy) is 1. The molecule has 1 saturated carbocycles. The highest BCUT2D eigenvalue weighted by Gasteiger charge is 2.57. The van der Waals surface area contributed by atoms with Crippen molar-refractivity contribution in [2.24, 2.45) is 18.9 Å². The van der Waals surface area contributed by atoms with Gasteiger partial charge in [0.2, 0.25) is 5.95 Å². The first-order valence-corrected chi connectivity index (χ1v) is 9.56. The minimum absolute atomic E-state index is 0.115. The molecule has 29 heavy (non-hydrogen) atoms. The maximum atomic E-state index is 14.1. The summed E-state index contributed by atoms with van der Waals surface area (Å²) < 4.78 is 20.9. The molecule has 2 aromatic heterocycles. The molecule has 0 bridgehead atoms. The maximum absolute atomic E-state index is 14.1. The Morgan fingerprint density at radius 1 is 1.31 bits per heavy atom. The molecule has 0 radical (unpaired) electrons. The second-order valence-corrected chi connectivity index (χ2v) is 8.60. The summed E-state index contributed by atoms with van der Waals surface area (Å²) in [6.07, 6.45) is 2.25. The largest absolute Gasteiger partial charge is 0.444 e. The summed E-state index contributed by atoms with van der Waals surface area (Å²) in [6, 6.07) is 2.91. The van der Waals surface area contributed by atoms with Gasteiger partial charge in [-0.25, -0.2) is 14.2 Å². The van der Waals surface area contributed by atoms with E-state index in [1.807, 2.05) is 20.8 Å². The molecule has 3 heterocycles. The zero-order chi connectivity index (χ0) is 20.9. The minimum Gasteiger partial charge on any atom is -0.444 e. The van der Waals surface area contributed by atoms with Crippen molar-refractivity contribution in [2.75, 3.05) is 18.4 Å². The summed E-state index contributed by atoms with van der Waals surface area (Å²) in [4.78, 5) is 34.5. The Hall–Kier alpha value is -2.97. The molecule has 154 valence electrons. The first-order valence-electron chi connectivity index (χ1n) is 9.56. The van der Waals surface area contributed by atoms with Crippen molar-refractivity contribution < 1.29 is 13.9 Å². The molecule has 0 aromatic carbocycles. The molecule has 1 amide bonds. The first kappa shape index (κ1) is 19.4. The lowest BCUT2D eigenvalue weighted by molar-refractivity contribution is 0.0272. The second-order valence-electron chi connectivity index (χ2n) is 8.60. The normalized spacial score (nSPS) is 22.9. The quantitative estimate of drug-likeness (QED) is 0.849.